The number of hydrogen-bond acceptors (Lipinski definition) is 3. The van der Waals surface area contributed by atoms with E-state index in [1.54, 1.807) is 0 Å². The molecule has 3 saturated carbocycles. The zero-order chi connectivity index (χ0) is 19.9. The van der Waals surface area contributed by atoms with Crippen molar-refractivity contribution in [2.24, 2.45) is 34.0 Å². The highest BCUT2D eigenvalue weighted by molar-refractivity contribution is 5.75. The van der Waals surface area contributed by atoms with E-state index in [1.165, 1.54) is 44.1 Å². The summed E-state index contributed by atoms with van der Waals surface area (Å²) in [6.45, 7) is 16.3. The minimum Gasteiger partial charge on any atom is -0.462 e. The number of carbonyl (C=O) groups is 1. The Morgan fingerprint density at radius 3 is 2.75 bits per heavy atom. The maximum atomic E-state index is 12.9. The van der Waals surface area contributed by atoms with E-state index >= 15 is 0 Å². The van der Waals surface area contributed by atoms with Gasteiger partial charge in [-0.2, -0.15) is 0 Å². The molecule has 0 radical (unpaired) electrons. The molecule has 2 heterocycles. The lowest BCUT2D eigenvalue weighted by Gasteiger charge is -2.50. The van der Waals surface area contributed by atoms with E-state index in [4.69, 9.17) is 4.74 Å². The van der Waals surface area contributed by atoms with Crippen LogP contribution in [-0.4, -0.2) is 36.1 Å². The highest BCUT2D eigenvalue weighted by Crippen LogP contribution is 2.58. The summed E-state index contributed by atoms with van der Waals surface area (Å²) in [4.78, 5) is 15.6. The third-order valence-corrected chi connectivity index (χ3v) is 9.27. The first-order valence-corrected chi connectivity index (χ1v) is 11.7. The van der Waals surface area contributed by atoms with Crippen molar-refractivity contribution in [3.8, 4) is 0 Å². The van der Waals surface area contributed by atoms with Gasteiger partial charge in [0.1, 0.15) is 6.10 Å². The van der Waals surface area contributed by atoms with Crippen LogP contribution in [0.5, 0.6) is 0 Å². The Morgan fingerprint density at radius 1 is 1.18 bits per heavy atom. The summed E-state index contributed by atoms with van der Waals surface area (Å²) in [5.74, 6) is 1.17. The Morgan fingerprint density at radius 2 is 1.96 bits per heavy atom. The molecule has 3 nitrogen and oxygen atoms in total. The molecule has 7 atom stereocenters. The molecule has 3 heteroatoms. The average molecular weight is 386 g/mol. The molecule has 0 N–H and O–H groups in total. The second-order valence-corrected chi connectivity index (χ2v) is 12.5. The lowest BCUT2D eigenvalue weighted by Crippen LogP contribution is -2.46. The normalized spacial score (nSPS) is 50.2. The number of ether oxygens (including phenoxy) is 1. The molecule has 0 aromatic rings. The Bertz CT molecular complexity index is 699. The maximum Gasteiger partial charge on any atom is 0.310 e. The molecule has 0 spiro atoms. The van der Waals surface area contributed by atoms with Crippen LogP contribution in [0.3, 0.4) is 0 Å². The SMILES string of the molecule is C=C1CCC[C@]2(C)C[C@H]3OC(=O)[C@H](CN4C[C@@]5(C)C[C@H]4CC(C)(C)C5)[C@H]3C[C@@H]12. The molecular weight excluding hydrogens is 346 g/mol. The smallest absolute Gasteiger partial charge is 0.310 e. The van der Waals surface area contributed by atoms with Crippen molar-refractivity contribution < 1.29 is 9.53 Å². The molecule has 2 bridgehead atoms. The van der Waals surface area contributed by atoms with Gasteiger partial charge in [0.2, 0.25) is 0 Å². The first-order valence-electron chi connectivity index (χ1n) is 11.7. The number of carbonyl (C=O) groups excluding carboxylic acids is 1. The van der Waals surface area contributed by atoms with Gasteiger partial charge in [0, 0.05) is 25.0 Å². The molecule has 0 amide bonds. The first-order chi connectivity index (χ1) is 13.1. The predicted octanol–water partition coefficient (Wildman–Crippen LogP) is 5.20. The third-order valence-electron chi connectivity index (χ3n) is 9.27. The van der Waals surface area contributed by atoms with Crippen LogP contribution in [0.25, 0.3) is 0 Å². The summed E-state index contributed by atoms with van der Waals surface area (Å²) in [6.07, 6.45) is 9.93. The number of rotatable bonds is 2. The van der Waals surface area contributed by atoms with Gasteiger partial charge in [-0.3, -0.25) is 9.69 Å². The van der Waals surface area contributed by atoms with E-state index in [1.807, 2.05) is 0 Å². The standard InChI is InChI=1S/C25H39NO2/c1-16-7-6-8-25(5)12-21-18(9-20(16)25)19(22(27)28-21)13-26-15-24(4)11-17(26)10-23(2,3)14-24/h17-21H,1,6-15H2,2-5H3/t17-,18-,19-,20+,21-,24+,25-/m1/s1. The van der Waals surface area contributed by atoms with Gasteiger partial charge in [-0.15, -0.1) is 0 Å². The minimum absolute atomic E-state index is 0.0790. The molecule has 156 valence electrons. The molecule has 0 aromatic carbocycles. The van der Waals surface area contributed by atoms with Crippen molar-refractivity contribution in [1.29, 1.82) is 0 Å². The lowest BCUT2D eigenvalue weighted by molar-refractivity contribution is -0.146. The summed E-state index contributed by atoms with van der Waals surface area (Å²) in [7, 11) is 0. The summed E-state index contributed by atoms with van der Waals surface area (Å²) in [5, 5.41) is 0. The third kappa shape index (κ3) is 2.99. The van der Waals surface area contributed by atoms with Gasteiger partial charge in [0.05, 0.1) is 5.92 Å². The highest BCUT2D eigenvalue weighted by atomic mass is 16.6. The van der Waals surface area contributed by atoms with Crippen LogP contribution < -0.4 is 0 Å². The quantitative estimate of drug-likeness (QED) is 0.483. The molecule has 0 unspecified atom stereocenters. The van der Waals surface area contributed by atoms with Crippen LogP contribution in [0.15, 0.2) is 12.2 Å². The fraction of sp³-hybridized carbons (Fsp3) is 0.880. The number of fused-ring (bicyclic) bond motifs is 4. The molecule has 5 fully saturated rings. The molecular formula is C25H39NO2. The predicted molar refractivity (Wildman–Crippen MR) is 112 cm³/mol. The van der Waals surface area contributed by atoms with E-state index in [0.29, 0.717) is 34.1 Å². The fourth-order valence-corrected chi connectivity index (χ4v) is 8.51. The number of likely N-dealkylation sites (tertiary alicyclic amines) is 1. The minimum atomic E-state index is 0.0790. The largest absolute Gasteiger partial charge is 0.462 e. The zero-order valence-electron chi connectivity index (χ0n) is 18.4. The van der Waals surface area contributed by atoms with Gasteiger partial charge in [-0.1, -0.05) is 39.8 Å². The van der Waals surface area contributed by atoms with E-state index in [-0.39, 0.29) is 18.0 Å². The van der Waals surface area contributed by atoms with Crippen molar-refractivity contribution in [2.45, 2.75) is 91.2 Å². The van der Waals surface area contributed by atoms with Gasteiger partial charge >= 0.3 is 5.97 Å². The summed E-state index contributed by atoms with van der Waals surface area (Å²) < 4.78 is 6.02. The zero-order valence-corrected chi connectivity index (χ0v) is 18.4. The Hall–Kier alpha value is -0.830. The molecule has 3 aliphatic carbocycles. The van der Waals surface area contributed by atoms with Crippen molar-refractivity contribution in [3.05, 3.63) is 12.2 Å². The summed E-state index contributed by atoms with van der Waals surface area (Å²) in [5.41, 5.74) is 2.60. The molecule has 28 heavy (non-hydrogen) atoms. The molecule has 2 saturated heterocycles. The molecule has 5 aliphatic rings. The number of esters is 1. The number of hydrogen-bond donors (Lipinski definition) is 0. The van der Waals surface area contributed by atoms with E-state index in [0.717, 1.165) is 25.9 Å². The second kappa shape index (κ2) is 6.09. The van der Waals surface area contributed by atoms with Crippen molar-refractivity contribution in [1.82, 2.24) is 4.90 Å². The van der Waals surface area contributed by atoms with Crippen LogP contribution in [-0.2, 0) is 9.53 Å². The molecule has 2 aliphatic heterocycles. The molecule has 0 aromatic heterocycles. The van der Waals surface area contributed by atoms with Crippen molar-refractivity contribution >= 4 is 5.97 Å². The average Bonchev–Trinajstić information content (AvgIpc) is 2.97. The Balaban J connectivity index is 1.34. The maximum absolute atomic E-state index is 12.9. The van der Waals surface area contributed by atoms with Crippen LogP contribution >= 0.6 is 0 Å². The Kier molecular flexibility index (Phi) is 4.17. The summed E-state index contributed by atoms with van der Waals surface area (Å²) >= 11 is 0. The lowest BCUT2D eigenvalue weighted by atomic mass is 9.55. The van der Waals surface area contributed by atoms with Crippen molar-refractivity contribution in [2.75, 3.05) is 13.1 Å². The van der Waals surface area contributed by atoms with Crippen LogP contribution in [0.1, 0.15) is 79.1 Å². The van der Waals surface area contributed by atoms with E-state index in [9.17, 15) is 4.79 Å². The molecule has 5 rings (SSSR count). The van der Waals surface area contributed by atoms with Crippen LogP contribution in [0, 0.1) is 34.0 Å². The van der Waals surface area contributed by atoms with E-state index < -0.39 is 0 Å². The number of nitrogens with zero attached hydrogens (tertiary/aromatic N) is 1. The van der Waals surface area contributed by atoms with Crippen LogP contribution in [0.2, 0.25) is 0 Å². The van der Waals surface area contributed by atoms with Crippen LogP contribution in [0.4, 0.5) is 0 Å². The topological polar surface area (TPSA) is 29.5 Å². The van der Waals surface area contributed by atoms with Gasteiger partial charge in [-0.05, 0) is 73.5 Å². The highest BCUT2D eigenvalue weighted by Gasteiger charge is 2.57. The van der Waals surface area contributed by atoms with Gasteiger partial charge in [0.25, 0.3) is 0 Å². The first kappa shape index (κ1) is 19.2. The van der Waals surface area contributed by atoms with Crippen molar-refractivity contribution in [3.63, 3.8) is 0 Å². The Labute approximate surface area is 171 Å². The number of allylic oxidation sites excluding steroid dienone is 1. The summed E-state index contributed by atoms with van der Waals surface area (Å²) in [6, 6.07) is 0.652. The van der Waals surface area contributed by atoms with Gasteiger partial charge in [-0.25, -0.2) is 0 Å². The van der Waals surface area contributed by atoms with Gasteiger partial charge in [0.15, 0.2) is 0 Å². The van der Waals surface area contributed by atoms with Gasteiger partial charge < -0.3 is 4.74 Å². The van der Waals surface area contributed by atoms with E-state index in [2.05, 4.69) is 39.2 Å². The fourth-order valence-electron chi connectivity index (χ4n) is 8.51. The second-order valence-electron chi connectivity index (χ2n) is 12.5. The monoisotopic (exact) mass is 385 g/mol.